The molecule has 0 fully saturated rings. The number of aromatic nitrogens is 1. The molecule has 0 saturated heterocycles. The molecule has 4 nitrogen and oxygen atoms in total. The fourth-order valence-corrected chi connectivity index (χ4v) is 3.43. The summed E-state index contributed by atoms with van der Waals surface area (Å²) in [5.41, 5.74) is 5.11. The van der Waals surface area contributed by atoms with Crippen LogP contribution in [0.25, 0.3) is 10.9 Å². The van der Waals surface area contributed by atoms with Crippen LogP contribution < -0.4 is 10.6 Å². The Morgan fingerprint density at radius 3 is 2.87 bits per heavy atom. The van der Waals surface area contributed by atoms with Gasteiger partial charge in [0.05, 0.1) is 0 Å². The van der Waals surface area contributed by atoms with Crippen LogP contribution in [0.5, 0.6) is 0 Å². The topological polar surface area (TPSA) is 52.2 Å². The van der Waals surface area contributed by atoms with Crippen LogP contribution in [0.3, 0.4) is 0 Å². The van der Waals surface area contributed by atoms with Gasteiger partial charge in [-0.3, -0.25) is 4.99 Å². The first-order valence-electron chi connectivity index (χ1n) is 7.79. The van der Waals surface area contributed by atoms with E-state index in [1.807, 2.05) is 0 Å². The van der Waals surface area contributed by atoms with E-state index in [2.05, 4.69) is 68.6 Å². The van der Waals surface area contributed by atoms with E-state index >= 15 is 0 Å². The van der Waals surface area contributed by atoms with Gasteiger partial charge in [0, 0.05) is 36.7 Å². The second-order valence-electron chi connectivity index (χ2n) is 5.51. The van der Waals surface area contributed by atoms with Crippen molar-refractivity contribution in [3.05, 3.63) is 57.9 Å². The van der Waals surface area contributed by atoms with Crippen molar-refractivity contribution in [2.75, 3.05) is 13.6 Å². The first kappa shape index (κ1) is 15.6. The summed E-state index contributed by atoms with van der Waals surface area (Å²) in [5.74, 6) is 0.841. The average molecular weight is 326 g/mol. The Hall–Kier alpha value is -2.27. The molecule has 2 aromatic heterocycles. The van der Waals surface area contributed by atoms with E-state index in [-0.39, 0.29) is 0 Å². The molecule has 120 valence electrons. The van der Waals surface area contributed by atoms with Crippen LogP contribution >= 0.6 is 11.3 Å². The highest BCUT2D eigenvalue weighted by Gasteiger charge is 2.07. The first-order chi connectivity index (χ1) is 11.3. The summed E-state index contributed by atoms with van der Waals surface area (Å²) in [4.78, 5) is 7.73. The van der Waals surface area contributed by atoms with Crippen molar-refractivity contribution >= 4 is 28.2 Å². The molecule has 0 bridgehead atoms. The third kappa shape index (κ3) is 3.74. The van der Waals surface area contributed by atoms with Gasteiger partial charge in [0.15, 0.2) is 5.96 Å². The SMILES string of the molecule is CN=C(NCCc1c(C)[nH]c2ccccc12)NCc1ccsc1. The van der Waals surface area contributed by atoms with Crippen molar-refractivity contribution in [2.45, 2.75) is 19.9 Å². The average Bonchev–Trinajstić information content (AvgIpc) is 3.18. The normalized spacial score (nSPS) is 11.8. The number of nitrogens with one attached hydrogen (secondary N) is 3. The fourth-order valence-electron chi connectivity index (χ4n) is 2.76. The minimum atomic E-state index is 0.801. The highest BCUT2D eigenvalue weighted by Crippen LogP contribution is 2.21. The maximum Gasteiger partial charge on any atom is 0.191 e. The zero-order valence-corrected chi connectivity index (χ0v) is 14.3. The molecule has 23 heavy (non-hydrogen) atoms. The molecule has 0 aliphatic carbocycles. The molecule has 0 aliphatic heterocycles. The lowest BCUT2D eigenvalue weighted by Gasteiger charge is -2.11. The van der Waals surface area contributed by atoms with E-state index in [1.54, 1.807) is 18.4 Å². The molecular weight excluding hydrogens is 304 g/mol. The van der Waals surface area contributed by atoms with Crippen LogP contribution in [-0.2, 0) is 13.0 Å². The molecule has 0 saturated carbocycles. The number of guanidine groups is 1. The number of aryl methyl sites for hydroxylation is 1. The van der Waals surface area contributed by atoms with Gasteiger partial charge in [-0.2, -0.15) is 11.3 Å². The fraction of sp³-hybridized carbons (Fsp3) is 0.278. The highest BCUT2D eigenvalue weighted by atomic mass is 32.1. The Bertz CT molecular complexity index is 787. The van der Waals surface area contributed by atoms with E-state index in [0.717, 1.165) is 25.5 Å². The Balaban J connectivity index is 1.56. The number of benzene rings is 1. The number of hydrogen-bond donors (Lipinski definition) is 3. The second kappa shape index (κ2) is 7.33. The summed E-state index contributed by atoms with van der Waals surface area (Å²) in [6.07, 6.45) is 0.967. The quantitative estimate of drug-likeness (QED) is 0.497. The molecule has 0 amide bonds. The molecule has 3 rings (SSSR count). The third-order valence-corrected chi connectivity index (χ3v) is 4.69. The van der Waals surface area contributed by atoms with Crippen molar-refractivity contribution in [3.63, 3.8) is 0 Å². The van der Waals surface area contributed by atoms with Crippen molar-refractivity contribution in [3.8, 4) is 0 Å². The molecule has 0 spiro atoms. The summed E-state index contributed by atoms with van der Waals surface area (Å²) in [5, 5.41) is 12.3. The van der Waals surface area contributed by atoms with E-state index < -0.39 is 0 Å². The molecule has 0 unspecified atom stereocenters. The Morgan fingerprint density at radius 2 is 2.09 bits per heavy atom. The summed E-state index contributed by atoms with van der Waals surface area (Å²) < 4.78 is 0. The minimum Gasteiger partial charge on any atom is -0.358 e. The number of H-pyrrole nitrogens is 1. The first-order valence-corrected chi connectivity index (χ1v) is 8.74. The second-order valence-corrected chi connectivity index (χ2v) is 6.29. The zero-order valence-electron chi connectivity index (χ0n) is 13.5. The van der Waals surface area contributed by atoms with E-state index in [0.29, 0.717) is 0 Å². The van der Waals surface area contributed by atoms with Gasteiger partial charge < -0.3 is 15.6 Å². The van der Waals surface area contributed by atoms with Gasteiger partial charge in [-0.05, 0) is 47.4 Å². The zero-order chi connectivity index (χ0) is 16.1. The van der Waals surface area contributed by atoms with Crippen LogP contribution in [0.15, 0.2) is 46.1 Å². The minimum absolute atomic E-state index is 0.801. The molecular formula is C18H22N4S. The Labute approximate surface area is 140 Å². The maximum absolute atomic E-state index is 4.28. The number of aromatic amines is 1. The number of rotatable bonds is 5. The Morgan fingerprint density at radius 1 is 1.22 bits per heavy atom. The van der Waals surface area contributed by atoms with Gasteiger partial charge in [-0.25, -0.2) is 0 Å². The summed E-state index contributed by atoms with van der Waals surface area (Å²) >= 11 is 1.71. The molecule has 0 radical (unpaired) electrons. The third-order valence-electron chi connectivity index (χ3n) is 3.96. The lowest BCUT2D eigenvalue weighted by Crippen LogP contribution is -2.37. The molecule has 3 aromatic rings. The van der Waals surface area contributed by atoms with E-state index in [9.17, 15) is 0 Å². The van der Waals surface area contributed by atoms with Crippen LogP contribution in [0.1, 0.15) is 16.8 Å². The summed E-state index contributed by atoms with van der Waals surface area (Å²) in [6.45, 7) is 3.79. The predicted molar refractivity (Wildman–Crippen MR) is 99.3 cm³/mol. The largest absolute Gasteiger partial charge is 0.358 e. The molecule has 0 atom stereocenters. The predicted octanol–water partition coefficient (Wildman–Crippen LogP) is 3.45. The number of hydrogen-bond acceptors (Lipinski definition) is 2. The van der Waals surface area contributed by atoms with Crippen LogP contribution in [0, 0.1) is 6.92 Å². The van der Waals surface area contributed by atoms with E-state index in [1.165, 1.54) is 27.7 Å². The van der Waals surface area contributed by atoms with Crippen molar-refractivity contribution in [1.29, 1.82) is 0 Å². The highest BCUT2D eigenvalue weighted by molar-refractivity contribution is 7.07. The van der Waals surface area contributed by atoms with Gasteiger partial charge in [0.1, 0.15) is 0 Å². The molecule has 0 aliphatic rings. The maximum atomic E-state index is 4.28. The van der Waals surface area contributed by atoms with E-state index in [4.69, 9.17) is 0 Å². The molecule has 3 N–H and O–H groups in total. The van der Waals surface area contributed by atoms with Crippen LogP contribution in [0.4, 0.5) is 0 Å². The van der Waals surface area contributed by atoms with Crippen LogP contribution in [-0.4, -0.2) is 24.5 Å². The standard InChI is InChI=1S/C18H22N4S/c1-13-15(16-5-3-4-6-17(16)22-13)7-9-20-18(19-2)21-11-14-8-10-23-12-14/h3-6,8,10,12,22H,7,9,11H2,1-2H3,(H2,19,20,21). The molecule has 5 heteroatoms. The van der Waals surface area contributed by atoms with Gasteiger partial charge >= 0.3 is 0 Å². The van der Waals surface area contributed by atoms with Crippen molar-refractivity contribution in [2.24, 2.45) is 4.99 Å². The van der Waals surface area contributed by atoms with Gasteiger partial charge in [-0.1, -0.05) is 18.2 Å². The van der Waals surface area contributed by atoms with Gasteiger partial charge in [0.2, 0.25) is 0 Å². The molecule has 1 aromatic carbocycles. The van der Waals surface area contributed by atoms with Gasteiger partial charge in [-0.15, -0.1) is 0 Å². The van der Waals surface area contributed by atoms with Crippen molar-refractivity contribution in [1.82, 2.24) is 15.6 Å². The number of para-hydroxylation sites is 1. The number of fused-ring (bicyclic) bond motifs is 1. The summed E-state index contributed by atoms with van der Waals surface area (Å²) in [6, 6.07) is 10.6. The Kier molecular flexibility index (Phi) is 4.98. The number of nitrogens with zero attached hydrogens (tertiary/aromatic N) is 1. The monoisotopic (exact) mass is 326 g/mol. The lowest BCUT2D eigenvalue weighted by molar-refractivity contribution is 0.795. The number of aliphatic imine (C=N–C) groups is 1. The van der Waals surface area contributed by atoms with Crippen molar-refractivity contribution < 1.29 is 0 Å². The lowest BCUT2D eigenvalue weighted by atomic mass is 10.1. The van der Waals surface area contributed by atoms with Gasteiger partial charge in [0.25, 0.3) is 0 Å². The van der Waals surface area contributed by atoms with Crippen LogP contribution in [0.2, 0.25) is 0 Å². The summed E-state index contributed by atoms with van der Waals surface area (Å²) in [7, 11) is 1.81. The smallest absolute Gasteiger partial charge is 0.191 e. The number of thiophene rings is 1. The molecule has 2 heterocycles.